The lowest BCUT2D eigenvalue weighted by molar-refractivity contribution is 0.0693. The minimum absolute atomic E-state index is 0.139. The summed E-state index contributed by atoms with van der Waals surface area (Å²) in [5, 5.41) is 17.9. The Morgan fingerprint density at radius 2 is 2.21 bits per heavy atom. The van der Waals surface area contributed by atoms with Gasteiger partial charge in [0, 0.05) is 11.8 Å². The number of thiol groups is 1. The van der Waals surface area contributed by atoms with Gasteiger partial charge in [0.2, 0.25) is 0 Å². The van der Waals surface area contributed by atoms with Gasteiger partial charge in [0.15, 0.2) is 0 Å². The van der Waals surface area contributed by atoms with Crippen molar-refractivity contribution in [1.82, 2.24) is 0 Å². The first-order chi connectivity index (χ1) is 6.56. The van der Waals surface area contributed by atoms with E-state index in [0.717, 1.165) is 0 Å². The summed E-state index contributed by atoms with van der Waals surface area (Å²) < 4.78 is 0. The van der Waals surface area contributed by atoms with Crippen LogP contribution in [0.1, 0.15) is 22.0 Å². The highest BCUT2D eigenvalue weighted by Gasteiger charge is 2.12. The lowest BCUT2D eigenvalue weighted by Crippen LogP contribution is -2.12. The lowest BCUT2D eigenvalue weighted by atomic mass is 10.0. The summed E-state index contributed by atoms with van der Waals surface area (Å²) in [6, 6.07) is 3.94. The van der Waals surface area contributed by atoms with E-state index in [2.05, 4.69) is 12.6 Å². The maximum atomic E-state index is 10.7. The van der Waals surface area contributed by atoms with Crippen LogP contribution in [0, 0.1) is 0 Å². The molecular formula is C9H11NO3S. The number of benzene rings is 1. The molecule has 0 aliphatic carbocycles. The second-order valence-electron chi connectivity index (χ2n) is 2.87. The molecule has 0 spiro atoms. The molecule has 0 fully saturated rings. The number of hydrogen-bond acceptors (Lipinski definition) is 4. The van der Waals surface area contributed by atoms with Gasteiger partial charge in [0.1, 0.15) is 11.3 Å². The van der Waals surface area contributed by atoms with E-state index in [1.807, 2.05) is 0 Å². The Hall–Kier alpha value is -1.20. The van der Waals surface area contributed by atoms with Crippen LogP contribution in [-0.2, 0) is 0 Å². The smallest absolute Gasteiger partial charge is 0.339 e. The molecular weight excluding hydrogens is 202 g/mol. The molecule has 0 heterocycles. The zero-order valence-electron chi connectivity index (χ0n) is 7.34. The van der Waals surface area contributed by atoms with Crippen LogP contribution in [-0.4, -0.2) is 21.9 Å². The normalized spacial score (nSPS) is 12.4. The van der Waals surface area contributed by atoms with Crippen molar-refractivity contribution in [3.8, 4) is 5.75 Å². The van der Waals surface area contributed by atoms with Crippen molar-refractivity contribution in [2.45, 2.75) is 6.04 Å². The molecule has 0 bridgehead atoms. The van der Waals surface area contributed by atoms with Crippen LogP contribution in [0.15, 0.2) is 18.2 Å². The van der Waals surface area contributed by atoms with E-state index >= 15 is 0 Å². The number of rotatable bonds is 3. The summed E-state index contributed by atoms with van der Waals surface area (Å²) in [5.41, 5.74) is 6.17. The van der Waals surface area contributed by atoms with Gasteiger partial charge in [-0.05, 0) is 17.7 Å². The number of phenols is 1. The van der Waals surface area contributed by atoms with Crippen LogP contribution in [0.3, 0.4) is 0 Å². The Morgan fingerprint density at radius 1 is 1.57 bits per heavy atom. The summed E-state index contributed by atoms with van der Waals surface area (Å²) in [4.78, 5) is 10.7. The van der Waals surface area contributed by atoms with E-state index < -0.39 is 5.97 Å². The van der Waals surface area contributed by atoms with Gasteiger partial charge in [0.25, 0.3) is 0 Å². The summed E-state index contributed by atoms with van der Waals surface area (Å²) >= 11 is 4.00. The van der Waals surface area contributed by atoms with Crippen LogP contribution >= 0.6 is 12.6 Å². The predicted octanol–water partition coefficient (Wildman–Crippen LogP) is 1.02. The highest BCUT2D eigenvalue weighted by Crippen LogP contribution is 2.21. The number of aromatic hydroxyl groups is 1. The number of carbonyl (C=O) groups is 1. The quantitative estimate of drug-likeness (QED) is 0.565. The van der Waals surface area contributed by atoms with Crippen molar-refractivity contribution in [3.63, 3.8) is 0 Å². The maximum absolute atomic E-state index is 10.7. The number of nitrogens with two attached hydrogens (primary N) is 1. The fourth-order valence-corrected chi connectivity index (χ4v) is 1.27. The third kappa shape index (κ3) is 2.18. The number of carboxylic acids is 1. The molecule has 14 heavy (non-hydrogen) atoms. The van der Waals surface area contributed by atoms with Gasteiger partial charge in [-0.25, -0.2) is 4.79 Å². The molecule has 0 saturated heterocycles. The molecule has 0 amide bonds. The Kier molecular flexibility index (Phi) is 3.38. The minimum Gasteiger partial charge on any atom is -0.507 e. The Balaban J connectivity index is 3.12. The van der Waals surface area contributed by atoms with Crippen molar-refractivity contribution in [3.05, 3.63) is 29.3 Å². The Morgan fingerprint density at radius 3 is 2.71 bits per heavy atom. The second-order valence-corrected chi connectivity index (χ2v) is 3.24. The van der Waals surface area contributed by atoms with E-state index in [0.29, 0.717) is 11.3 Å². The molecule has 4 N–H and O–H groups in total. The molecule has 1 unspecified atom stereocenters. The lowest BCUT2D eigenvalue weighted by Gasteiger charge is -2.09. The minimum atomic E-state index is -1.17. The molecule has 76 valence electrons. The van der Waals surface area contributed by atoms with Crippen molar-refractivity contribution >= 4 is 18.6 Å². The third-order valence-corrected chi connectivity index (χ3v) is 2.27. The molecule has 0 aliphatic heterocycles. The van der Waals surface area contributed by atoms with E-state index in [1.165, 1.54) is 12.1 Å². The van der Waals surface area contributed by atoms with Crippen molar-refractivity contribution in [1.29, 1.82) is 0 Å². The van der Waals surface area contributed by atoms with E-state index in [1.54, 1.807) is 6.07 Å². The van der Waals surface area contributed by atoms with Crippen LogP contribution < -0.4 is 5.73 Å². The van der Waals surface area contributed by atoms with Crippen LogP contribution in [0.2, 0.25) is 0 Å². The first kappa shape index (κ1) is 10.9. The standard InChI is InChI=1S/C9H11NO3S/c10-7(4-14)5-1-2-8(11)6(3-5)9(12)13/h1-3,7,11,14H,4,10H2,(H,12,13). The average molecular weight is 213 g/mol. The van der Waals surface area contributed by atoms with E-state index in [9.17, 15) is 9.90 Å². The zero-order chi connectivity index (χ0) is 10.7. The average Bonchev–Trinajstić information content (AvgIpc) is 2.17. The van der Waals surface area contributed by atoms with Crippen molar-refractivity contribution in [2.24, 2.45) is 5.73 Å². The fourth-order valence-electron chi connectivity index (χ4n) is 1.06. The monoisotopic (exact) mass is 213 g/mol. The van der Waals surface area contributed by atoms with Gasteiger partial charge in [0.05, 0.1) is 0 Å². The summed E-state index contributed by atoms with van der Waals surface area (Å²) in [6.07, 6.45) is 0. The SMILES string of the molecule is NC(CS)c1ccc(O)c(C(=O)O)c1. The second kappa shape index (κ2) is 4.34. The highest BCUT2D eigenvalue weighted by molar-refractivity contribution is 7.80. The van der Waals surface area contributed by atoms with Gasteiger partial charge < -0.3 is 15.9 Å². The van der Waals surface area contributed by atoms with Crippen molar-refractivity contribution in [2.75, 3.05) is 5.75 Å². The Bertz CT molecular complexity index is 354. The molecule has 0 saturated carbocycles. The summed E-state index contributed by atoms with van der Waals surface area (Å²) in [7, 11) is 0. The largest absolute Gasteiger partial charge is 0.507 e. The molecule has 1 atom stereocenters. The molecule has 0 aliphatic rings. The number of aromatic carboxylic acids is 1. The van der Waals surface area contributed by atoms with Crippen molar-refractivity contribution < 1.29 is 15.0 Å². The summed E-state index contributed by atoms with van der Waals surface area (Å²) in [6.45, 7) is 0. The summed E-state index contributed by atoms with van der Waals surface area (Å²) in [5.74, 6) is -1.01. The molecule has 4 nitrogen and oxygen atoms in total. The van der Waals surface area contributed by atoms with E-state index in [4.69, 9.17) is 10.8 Å². The number of carboxylic acid groups (broad SMARTS) is 1. The van der Waals surface area contributed by atoms with E-state index in [-0.39, 0.29) is 17.4 Å². The van der Waals surface area contributed by atoms with Crippen LogP contribution in [0.4, 0.5) is 0 Å². The Labute approximate surface area is 86.8 Å². The molecule has 1 rings (SSSR count). The van der Waals surface area contributed by atoms with Gasteiger partial charge in [-0.15, -0.1) is 0 Å². The molecule has 0 radical (unpaired) electrons. The third-order valence-electron chi connectivity index (χ3n) is 1.88. The molecule has 1 aromatic carbocycles. The highest BCUT2D eigenvalue weighted by atomic mass is 32.1. The van der Waals surface area contributed by atoms with Crippen LogP contribution in [0.25, 0.3) is 0 Å². The zero-order valence-corrected chi connectivity index (χ0v) is 8.24. The first-order valence-corrected chi connectivity index (χ1v) is 4.62. The van der Waals surface area contributed by atoms with Crippen LogP contribution in [0.5, 0.6) is 5.75 Å². The fraction of sp³-hybridized carbons (Fsp3) is 0.222. The molecule has 1 aromatic rings. The van der Waals surface area contributed by atoms with Gasteiger partial charge in [-0.3, -0.25) is 0 Å². The van der Waals surface area contributed by atoms with Gasteiger partial charge in [-0.2, -0.15) is 12.6 Å². The van der Waals surface area contributed by atoms with Gasteiger partial charge in [-0.1, -0.05) is 6.07 Å². The maximum Gasteiger partial charge on any atom is 0.339 e. The number of hydrogen-bond donors (Lipinski definition) is 4. The first-order valence-electron chi connectivity index (χ1n) is 3.99. The topological polar surface area (TPSA) is 83.5 Å². The molecule has 5 heteroatoms. The molecule has 0 aromatic heterocycles. The van der Waals surface area contributed by atoms with Gasteiger partial charge >= 0.3 is 5.97 Å². The predicted molar refractivity (Wildman–Crippen MR) is 55.8 cm³/mol.